The number of benzene rings is 3. The van der Waals surface area contributed by atoms with Gasteiger partial charge in [0.15, 0.2) is 0 Å². The van der Waals surface area contributed by atoms with Crippen molar-refractivity contribution in [1.82, 2.24) is 20.9 Å². The Hall–Kier alpha value is -3.79. The number of carboxylic acids is 1. The number of carboxylic acid groups (broad SMARTS) is 1. The summed E-state index contributed by atoms with van der Waals surface area (Å²) in [6.45, 7) is -0.119. The maximum Gasteiger partial charge on any atom is 0.328 e. The standard InChI is InChI=1S/C29H27Cl3N4O5/c1-36(15-16-5-4-7-19(30)11-16)27(38)18-12-21(31)25(22(32)13-18)26(37)34-24(28(39)40)14-33-29(41)35-23-10-9-17-6-2-3-8-20(17)23/h2-8,11-13,23-24H,9-10,14-15H2,1H3,(H,34,37)(H,39,40)(H2,33,35,41)/t23-,24?/m1/s1. The van der Waals surface area contributed by atoms with Gasteiger partial charge in [0.25, 0.3) is 11.8 Å². The van der Waals surface area contributed by atoms with E-state index in [9.17, 15) is 24.3 Å². The molecule has 41 heavy (non-hydrogen) atoms. The first-order valence-corrected chi connectivity index (χ1v) is 13.8. The molecule has 0 saturated carbocycles. The summed E-state index contributed by atoms with van der Waals surface area (Å²) in [5.74, 6) is -2.64. The number of carbonyl (C=O) groups excluding carboxylic acids is 3. The molecular weight excluding hydrogens is 591 g/mol. The minimum absolute atomic E-state index is 0.135. The van der Waals surface area contributed by atoms with Crippen LogP contribution in [0.5, 0.6) is 0 Å². The third kappa shape index (κ3) is 7.49. The van der Waals surface area contributed by atoms with E-state index >= 15 is 0 Å². The molecule has 0 fully saturated rings. The number of hydrogen-bond acceptors (Lipinski definition) is 4. The molecule has 1 aliphatic rings. The fourth-order valence-corrected chi connectivity index (χ4v) is 5.53. The first-order valence-electron chi connectivity index (χ1n) is 12.7. The van der Waals surface area contributed by atoms with Gasteiger partial charge in [-0.25, -0.2) is 9.59 Å². The zero-order valence-electron chi connectivity index (χ0n) is 21.9. The molecule has 0 saturated heterocycles. The molecule has 4 amide bonds. The van der Waals surface area contributed by atoms with Crippen LogP contribution >= 0.6 is 34.8 Å². The second-order valence-corrected chi connectivity index (χ2v) is 10.9. The van der Waals surface area contributed by atoms with Gasteiger partial charge < -0.3 is 26.0 Å². The molecule has 3 aromatic carbocycles. The van der Waals surface area contributed by atoms with Crippen LogP contribution in [0.15, 0.2) is 60.7 Å². The van der Waals surface area contributed by atoms with Crippen LogP contribution in [0.3, 0.4) is 0 Å². The zero-order valence-corrected chi connectivity index (χ0v) is 24.2. The van der Waals surface area contributed by atoms with Crippen molar-refractivity contribution in [2.75, 3.05) is 13.6 Å². The highest BCUT2D eigenvalue weighted by atomic mass is 35.5. The molecular formula is C29H27Cl3N4O5. The lowest BCUT2D eigenvalue weighted by molar-refractivity contribution is -0.139. The van der Waals surface area contributed by atoms with E-state index < -0.39 is 29.9 Å². The Balaban J connectivity index is 1.37. The second kappa shape index (κ2) is 13.2. The van der Waals surface area contributed by atoms with Crippen molar-refractivity contribution >= 4 is 58.6 Å². The lowest BCUT2D eigenvalue weighted by Crippen LogP contribution is -2.50. The van der Waals surface area contributed by atoms with Gasteiger partial charge in [0.2, 0.25) is 0 Å². The van der Waals surface area contributed by atoms with E-state index in [4.69, 9.17) is 34.8 Å². The second-order valence-electron chi connectivity index (χ2n) is 9.61. The number of amides is 4. The minimum Gasteiger partial charge on any atom is -0.480 e. The van der Waals surface area contributed by atoms with Crippen LogP contribution in [0, 0.1) is 0 Å². The van der Waals surface area contributed by atoms with Gasteiger partial charge in [-0.05, 0) is 53.8 Å². The monoisotopic (exact) mass is 616 g/mol. The maximum absolute atomic E-state index is 13.0. The third-order valence-electron chi connectivity index (χ3n) is 6.68. The zero-order chi connectivity index (χ0) is 29.7. The van der Waals surface area contributed by atoms with Crippen LogP contribution < -0.4 is 16.0 Å². The van der Waals surface area contributed by atoms with Crippen molar-refractivity contribution < 1.29 is 24.3 Å². The third-order valence-corrected chi connectivity index (χ3v) is 7.51. The van der Waals surface area contributed by atoms with Crippen molar-refractivity contribution in [3.63, 3.8) is 0 Å². The van der Waals surface area contributed by atoms with Crippen LogP contribution in [0.1, 0.15) is 49.9 Å². The molecule has 0 aromatic heterocycles. The summed E-state index contributed by atoms with van der Waals surface area (Å²) in [7, 11) is 1.59. The van der Waals surface area contributed by atoms with Crippen LogP contribution in [-0.4, -0.2) is 53.5 Å². The van der Waals surface area contributed by atoms with Crippen LogP contribution in [0.25, 0.3) is 0 Å². The summed E-state index contributed by atoms with van der Waals surface area (Å²) >= 11 is 18.7. The fourth-order valence-electron chi connectivity index (χ4n) is 4.66. The number of rotatable bonds is 9. The minimum atomic E-state index is -1.47. The molecule has 4 N–H and O–H groups in total. The molecule has 0 aliphatic heterocycles. The van der Waals surface area contributed by atoms with Crippen LogP contribution in [-0.2, 0) is 17.8 Å². The molecule has 3 aromatic rings. The van der Waals surface area contributed by atoms with E-state index in [-0.39, 0.29) is 40.3 Å². The van der Waals surface area contributed by atoms with Crippen molar-refractivity contribution in [2.45, 2.75) is 31.5 Å². The SMILES string of the molecule is CN(Cc1cccc(Cl)c1)C(=O)c1cc(Cl)c(C(=O)NC(CNC(=O)N[C@@H]2CCc3ccccc32)C(=O)O)c(Cl)c1. The molecule has 0 heterocycles. The highest BCUT2D eigenvalue weighted by Gasteiger charge is 2.27. The van der Waals surface area contributed by atoms with Gasteiger partial charge in [-0.3, -0.25) is 9.59 Å². The number of hydrogen-bond donors (Lipinski definition) is 4. The van der Waals surface area contributed by atoms with E-state index in [2.05, 4.69) is 16.0 Å². The number of urea groups is 1. The molecule has 0 bridgehead atoms. The molecule has 214 valence electrons. The molecule has 1 aliphatic carbocycles. The molecule has 0 spiro atoms. The van der Waals surface area contributed by atoms with Gasteiger partial charge >= 0.3 is 12.0 Å². The quantitative estimate of drug-likeness (QED) is 0.266. The number of fused-ring (bicyclic) bond motifs is 1. The molecule has 12 heteroatoms. The topological polar surface area (TPSA) is 128 Å². The Morgan fingerprint density at radius 3 is 2.39 bits per heavy atom. The number of carbonyl (C=O) groups is 4. The van der Waals surface area contributed by atoms with E-state index in [0.717, 1.165) is 29.5 Å². The first-order chi connectivity index (χ1) is 19.5. The number of aliphatic carboxylic acids is 1. The van der Waals surface area contributed by atoms with Gasteiger partial charge in [0.1, 0.15) is 6.04 Å². The van der Waals surface area contributed by atoms with Gasteiger partial charge in [-0.15, -0.1) is 0 Å². The van der Waals surface area contributed by atoms with Crippen LogP contribution in [0.2, 0.25) is 15.1 Å². The number of aryl methyl sites for hydroxylation is 1. The molecule has 9 nitrogen and oxygen atoms in total. The Morgan fingerprint density at radius 2 is 1.71 bits per heavy atom. The normalized spacial score (nSPS) is 14.5. The maximum atomic E-state index is 13.0. The Labute approximate surface area is 251 Å². The van der Waals surface area contributed by atoms with Crippen molar-refractivity contribution in [3.05, 3.63) is 104 Å². The predicted molar refractivity (Wildman–Crippen MR) is 157 cm³/mol. The summed E-state index contributed by atoms with van der Waals surface area (Å²) < 4.78 is 0. The highest BCUT2D eigenvalue weighted by Crippen LogP contribution is 2.30. The van der Waals surface area contributed by atoms with Gasteiger partial charge in [0.05, 0.1) is 28.2 Å². The van der Waals surface area contributed by atoms with Gasteiger partial charge in [-0.1, -0.05) is 71.2 Å². The Bertz CT molecular complexity index is 1480. The van der Waals surface area contributed by atoms with E-state index in [1.54, 1.807) is 25.2 Å². The van der Waals surface area contributed by atoms with Crippen LogP contribution in [0.4, 0.5) is 4.79 Å². The average molecular weight is 618 g/mol. The van der Waals surface area contributed by atoms with Crippen molar-refractivity contribution in [1.29, 1.82) is 0 Å². The lowest BCUT2D eigenvalue weighted by Gasteiger charge is -2.20. The number of nitrogens with one attached hydrogen (secondary N) is 3. The highest BCUT2D eigenvalue weighted by molar-refractivity contribution is 6.40. The summed E-state index contributed by atoms with van der Waals surface area (Å²) in [5.41, 5.74) is 2.94. The number of halogens is 3. The predicted octanol–water partition coefficient (Wildman–Crippen LogP) is 5.09. The average Bonchev–Trinajstić information content (AvgIpc) is 3.32. The van der Waals surface area contributed by atoms with Crippen molar-refractivity contribution in [3.8, 4) is 0 Å². The summed E-state index contributed by atoms with van der Waals surface area (Å²) in [4.78, 5) is 51.7. The smallest absolute Gasteiger partial charge is 0.328 e. The van der Waals surface area contributed by atoms with Gasteiger partial charge in [0, 0.05) is 24.2 Å². The molecule has 0 radical (unpaired) electrons. The largest absolute Gasteiger partial charge is 0.480 e. The Morgan fingerprint density at radius 1 is 1.00 bits per heavy atom. The van der Waals surface area contributed by atoms with Gasteiger partial charge in [-0.2, -0.15) is 0 Å². The summed E-state index contributed by atoms with van der Waals surface area (Å²) in [6, 6.07) is 15.2. The molecule has 4 rings (SSSR count). The lowest BCUT2D eigenvalue weighted by atomic mass is 10.1. The molecule has 1 unspecified atom stereocenters. The summed E-state index contributed by atoms with van der Waals surface area (Å²) in [5, 5.41) is 17.6. The molecule has 2 atom stereocenters. The van der Waals surface area contributed by atoms with E-state index in [0.29, 0.717) is 5.02 Å². The number of nitrogens with zero attached hydrogens (tertiary/aromatic N) is 1. The summed E-state index contributed by atoms with van der Waals surface area (Å²) in [6.07, 6.45) is 1.57. The fraction of sp³-hybridized carbons (Fsp3) is 0.241. The van der Waals surface area contributed by atoms with E-state index in [1.165, 1.54) is 17.0 Å². The van der Waals surface area contributed by atoms with E-state index in [1.807, 2.05) is 30.3 Å². The first kappa shape index (κ1) is 30.2. The Kier molecular flexibility index (Phi) is 9.75. The van der Waals surface area contributed by atoms with Crippen molar-refractivity contribution in [2.24, 2.45) is 0 Å².